The summed E-state index contributed by atoms with van der Waals surface area (Å²) in [6.45, 7) is 5.34. The Labute approximate surface area is 106 Å². The fourth-order valence-corrected chi connectivity index (χ4v) is 2.80. The Hall–Kier alpha value is -1.52. The summed E-state index contributed by atoms with van der Waals surface area (Å²) >= 11 is 0. The number of hydrogen-bond acceptors (Lipinski definition) is 3. The number of fused-ring (bicyclic) bond motifs is 2. The number of carboxylic acids is 1. The average Bonchev–Trinajstić information content (AvgIpc) is 2.73. The van der Waals surface area contributed by atoms with Gasteiger partial charge in [-0.25, -0.2) is 4.79 Å². The van der Waals surface area contributed by atoms with Crippen molar-refractivity contribution in [2.75, 3.05) is 0 Å². The first-order chi connectivity index (χ1) is 8.28. The Morgan fingerprint density at radius 3 is 2.44 bits per heavy atom. The van der Waals surface area contributed by atoms with Crippen LogP contribution in [0.2, 0.25) is 0 Å². The molecule has 0 heterocycles. The molecule has 0 aromatic carbocycles. The number of carboxylic acid groups (broad SMARTS) is 1. The molecule has 2 aliphatic rings. The zero-order valence-electron chi connectivity index (χ0n) is 10.8. The first kappa shape index (κ1) is 12.9. The number of carbonyl (C=O) groups excluding carboxylic acids is 1. The summed E-state index contributed by atoms with van der Waals surface area (Å²) in [4.78, 5) is 23.0. The summed E-state index contributed by atoms with van der Waals surface area (Å²) in [7, 11) is 0. The summed E-state index contributed by atoms with van der Waals surface area (Å²) in [5.41, 5.74) is -0.573. The second-order valence-corrected chi connectivity index (χ2v) is 5.98. The summed E-state index contributed by atoms with van der Waals surface area (Å²) in [6, 6.07) is -0.354. The summed E-state index contributed by atoms with van der Waals surface area (Å²) in [5.74, 6) is -1.24. The maximum Gasteiger partial charge on any atom is 0.407 e. The van der Waals surface area contributed by atoms with Crippen LogP contribution in [-0.2, 0) is 9.53 Å². The molecule has 0 aromatic heterocycles. The Balaban J connectivity index is 2.02. The molecule has 1 fully saturated rings. The highest BCUT2D eigenvalue weighted by atomic mass is 16.6. The first-order valence-corrected chi connectivity index (χ1v) is 6.18. The third kappa shape index (κ3) is 2.49. The van der Waals surface area contributed by atoms with E-state index in [0.717, 1.165) is 6.42 Å². The Morgan fingerprint density at radius 1 is 1.28 bits per heavy atom. The van der Waals surface area contributed by atoms with Crippen LogP contribution in [0.5, 0.6) is 0 Å². The second kappa shape index (κ2) is 4.30. The molecule has 5 heteroatoms. The normalized spacial score (nSPS) is 33.5. The zero-order valence-corrected chi connectivity index (χ0v) is 10.8. The highest BCUT2D eigenvalue weighted by molar-refractivity contribution is 5.75. The molecule has 0 aliphatic heterocycles. The van der Waals surface area contributed by atoms with Crippen molar-refractivity contribution in [1.29, 1.82) is 0 Å². The van der Waals surface area contributed by atoms with E-state index < -0.39 is 23.6 Å². The van der Waals surface area contributed by atoms with Crippen LogP contribution in [0.1, 0.15) is 27.2 Å². The number of carbonyl (C=O) groups is 2. The van der Waals surface area contributed by atoms with Gasteiger partial charge in [-0.05, 0) is 39.0 Å². The Kier molecular flexibility index (Phi) is 3.09. The molecule has 5 nitrogen and oxygen atoms in total. The van der Waals surface area contributed by atoms with Gasteiger partial charge in [0.25, 0.3) is 0 Å². The number of alkyl carbamates (subject to hydrolysis) is 1. The number of hydrogen-bond donors (Lipinski definition) is 2. The van der Waals surface area contributed by atoms with Gasteiger partial charge < -0.3 is 15.2 Å². The van der Waals surface area contributed by atoms with Crippen LogP contribution >= 0.6 is 0 Å². The molecule has 1 saturated carbocycles. The van der Waals surface area contributed by atoms with Crippen molar-refractivity contribution in [2.45, 2.75) is 38.8 Å². The smallest absolute Gasteiger partial charge is 0.407 e. The molecule has 2 rings (SSSR count). The van der Waals surface area contributed by atoms with Crippen LogP contribution in [0.25, 0.3) is 0 Å². The Morgan fingerprint density at radius 2 is 1.89 bits per heavy atom. The maximum absolute atomic E-state index is 11.7. The van der Waals surface area contributed by atoms with Gasteiger partial charge in [0.2, 0.25) is 0 Å². The van der Waals surface area contributed by atoms with E-state index in [1.165, 1.54) is 0 Å². The fourth-order valence-electron chi connectivity index (χ4n) is 2.80. The van der Waals surface area contributed by atoms with Crippen LogP contribution in [0, 0.1) is 17.8 Å². The molecule has 0 spiro atoms. The summed E-state index contributed by atoms with van der Waals surface area (Å²) < 4.78 is 5.17. The van der Waals surface area contributed by atoms with Gasteiger partial charge in [0.15, 0.2) is 0 Å². The van der Waals surface area contributed by atoms with Gasteiger partial charge in [-0.1, -0.05) is 12.2 Å². The quantitative estimate of drug-likeness (QED) is 0.736. The maximum atomic E-state index is 11.7. The van der Waals surface area contributed by atoms with Crippen molar-refractivity contribution in [3.8, 4) is 0 Å². The van der Waals surface area contributed by atoms with Crippen molar-refractivity contribution in [2.24, 2.45) is 17.8 Å². The molecule has 4 atom stereocenters. The van der Waals surface area contributed by atoms with E-state index in [1.807, 2.05) is 12.2 Å². The van der Waals surface area contributed by atoms with E-state index in [9.17, 15) is 14.7 Å². The average molecular weight is 253 g/mol. The number of aliphatic carboxylic acids is 1. The van der Waals surface area contributed by atoms with E-state index in [-0.39, 0.29) is 17.9 Å². The van der Waals surface area contributed by atoms with Crippen LogP contribution in [-0.4, -0.2) is 28.8 Å². The minimum absolute atomic E-state index is 0.0347. The largest absolute Gasteiger partial charge is 0.481 e. The molecule has 0 saturated heterocycles. The molecule has 18 heavy (non-hydrogen) atoms. The highest BCUT2D eigenvalue weighted by Crippen LogP contribution is 2.43. The van der Waals surface area contributed by atoms with E-state index in [2.05, 4.69) is 5.32 Å². The van der Waals surface area contributed by atoms with Gasteiger partial charge in [0.05, 0.1) is 12.0 Å². The molecular weight excluding hydrogens is 234 g/mol. The monoisotopic (exact) mass is 253 g/mol. The standard InChI is InChI=1S/C13H19NO4/c1-13(2,3)18-12(17)14-10-8-5-4-7(6-8)9(10)11(15)16/h4-5,7-10H,6H2,1-3H3,(H,14,17)(H,15,16)/t7?,8?,9-,10-/m0/s1. The van der Waals surface area contributed by atoms with Crippen LogP contribution in [0.15, 0.2) is 12.2 Å². The number of amides is 1. The first-order valence-electron chi connectivity index (χ1n) is 6.18. The lowest BCUT2D eigenvalue weighted by Gasteiger charge is -2.27. The molecule has 2 bridgehead atoms. The third-order valence-electron chi connectivity index (χ3n) is 3.43. The van der Waals surface area contributed by atoms with Crippen molar-refractivity contribution in [1.82, 2.24) is 5.32 Å². The molecule has 1 amide bonds. The molecule has 0 radical (unpaired) electrons. The summed E-state index contributed by atoms with van der Waals surface area (Å²) in [5, 5.41) is 11.9. The molecule has 2 unspecified atom stereocenters. The van der Waals surface area contributed by atoms with Crippen molar-refractivity contribution in [3.05, 3.63) is 12.2 Å². The Bertz CT molecular complexity index is 396. The number of nitrogens with one attached hydrogen (secondary N) is 1. The van der Waals surface area contributed by atoms with E-state index in [1.54, 1.807) is 20.8 Å². The van der Waals surface area contributed by atoms with Gasteiger partial charge in [-0.3, -0.25) is 4.79 Å². The highest BCUT2D eigenvalue weighted by Gasteiger charge is 2.49. The van der Waals surface area contributed by atoms with Gasteiger partial charge in [0.1, 0.15) is 5.60 Å². The molecule has 2 N–H and O–H groups in total. The minimum Gasteiger partial charge on any atom is -0.481 e. The van der Waals surface area contributed by atoms with Crippen LogP contribution in [0.3, 0.4) is 0 Å². The zero-order chi connectivity index (χ0) is 13.5. The minimum atomic E-state index is -0.854. The molecular formula is C13H19NO4. The van der Waals surface area contributed by atoms with Gasteiger partial charge in [-0.2, -0.15) is 0 Å². The van der Waals surface area contributed by atoms with Crippen molar-refractivity contribution >= 4 is 12.1 Å². The molecule has 0 aromatic rings. The van der Waals surface area contributed by atoms with Crippen molar-refractivity contribution < 1.29 is 19.4 Å². The topological polar surface area (TPSA) is 75.6 Å². The van der Waals surface area contributed by atoms with Gasteiger partial charge in [-0.15, -0.1) is 0 Å². The summed E-state index contributed by atoms with van der Waals surface area (Å²) in [6.07, 6.45) is 4.19. The van der Waals surface area contributed by atoms with Crippen molar-refractivity contribution in [3.63, 3.8) is 0 Å². The van der Waals surface area contributed by atoms with Gasteiger partial charge in [0, 0.05) is 0 Å². The van der Waals surface area contributed by atoms with Crippen LogP contribution in [0.4, 0.5) is 4.79 Å². The fraction of sp³-hybridized carbons (Fsp3) is 0.692. The number of allylic oxidation sites excluding steroid dienone is 1. The number of ether oxygens (including phenoxy) is 1. The van der Waals surface area contributed by atoms with E-state index >= 15 is 0 Å². The van der Waals surface area contributed by atoms with E-state index in [0.29, 0.717) is 0 Å². The van der Waals surface area contributed by atoms with Crippen LogP contribution < -0.4 is 5.32 Å². The van der Waals surface area contributed by atoms with Gasteiger partial charge >= 0.3 is 12.1 Å². The lowest BCUT2D eigenvalue weighted by atomic mass is 9.89. The third-order valence-corrected chi connectivity index (χ3v) is 3.43. The lowest BCUT2D eigenvalue weighted by molar-refractivity contribution is -0.143. The molecule has 2 aliphatic carbocycles. The van der Waals surface area contributed by atoms with E-state index in [4.69, 9.17) is 4.74 Å². The lowest BCUT2D eigenvalue weighted by Crippen LogP contribution is -2.47. The second-order valence-electron chi connectivity index (χ2n) is 5.98. The molecule has 100 valence electrons. The SMILES string of the molecule is CC(C)(C)OC(=O)N[C@H]1C2C=CC(C2)[C@@H]1C(=O)O. The predicted octanol–water partition coefficient (Wildman–Crippen LogP) is 1.79. The number of rotatable bonds is 2. The predicted molar refractivity (Wildman–Crippen MR) is 65.0 cm³/mol.